The first kappa shape index (κ1) is 28.1. The molecule has 2 N–H and O–H groups in total. The lowest BCUT2D eigenvalue weighted by atomic mass is 9.42. The van der Waals surface area contributed by atoms with Gasteiger partial charge in [0.05, 0.1) is 6.10 Å². The van der Waals surface area contributed by atoms with Gasteiger partial charge in [-0.05, 0) is 97.7 Å². The van der Waals surface area contributed by atoms with Gasteiger partial charge in [0.15, 0.2) is 0 Å². The summed E-state index contributed by atoms with van der Waals surface area (Å²) in [6.07, 6.45) is 17.4. The van der Waals surface area contributed by atoms with E-state index in [9.17, 15) is 14.7 Å². The Kier molecular flexibility index (Phi) is 9.27. The fourth-order valence-electron chi connectivity index (χ4n) is 9.30. The van der Waals surface area contributed by atoms with Crippen molar-refractivity contribution in [2.75, 3.05) is 6.54 Å². The Balaban J connectivity index is 1.28. The van der Waals surface area contributed by atoms with Crippen LogP contribution in [0.2, 0.25) is 0 Å². The van der Waals surface area contributed by atoms with Crippen LogP contribution in [0.1, 0.15) is 130 Å². The number of carbonyl (C=O) groups is 2. The van der Waals surface area contributed by atoms with Crippen molar-refractivity contribution < 1.29 is 14.7 Å². The number of Topliss-reactive ketones (excluding diaryl/α,β-unsaturated/α-hetero) is 1. The molecule has 0 spiro atoms. The molecule has 0 saturated heterocycles. The molecule has 0 bridgehead atoms. The van der Waals surface area contributed by atoms with E-state index in [0.717, 1.165) is 69.2 Å². The van der Waals surface area contributed by atoms with E-state index in [1.54, 1.807) is 0 Å². The second-order valence-electron chi connectivity index (χ2n) is 14.2. The normalized spacial score (nSPS) is 40.0. The van der Waals surface area contributed by atoms with E-state index in [2.05, 4.69) is 33.0 Å². The Labute approximate surface area is 221 Å². The first-order valence-corrected chi connectivity index (χ1v) is 15.6. The highest BCUT2D eigenvalue weighted by molar-refractivity contribution is 5.79. The Morgan fingerprint density at radius 1 is 1.00 bits per heavy atom. The lowest BCUT2D eigenvalue weighted by molar-refractivity contribution is -0.156. The number of carbonyl (C=O) groups excluding carboxylic acids is 2. The molecule has 0 aromatic heterocycles. The van der Waals surface area contributed by atoms with E-state index in [4.69, 9.17) is 0 Å². The van der Waals surface area contributed by atoms with Gasteiger partial charge in [0, 0.05) is 25.8 Å². The number of nitrogens with one attached hydrogen (secondary N) is 1. The van der Waals surface area contributed by atoms with E-state index in [1.807, 2.05) is 0 Å². The van der Waals surface area contributed by atoms with Gasteiger partial charge >= 0.3 is 0 Å². The number of aliphatic hydroxyl groups excluding tert-OH is 1. The summed E-state index contributed by atoms with van der Waals surface area (Å²) in [5, 5.41) is 14.0. The third kappa shape index (κ3) is 5.89. The molecule has 4 rings (SSSR count). The zero-order valence-electron chi connectivity index (χ0n) is 23.8. The molecule has 4 saturated carbocycles. The van der Waals surface area contributed by atoms with Gasteiger partial charge in [0.25, 0.3) is 0 Å². The number of unbranched alkanes of at least 4 members (excludes halogenated alkanes) is 4. The third-order valence-corrected chi connectivity index (χ3v) is 11.6. The summed E-state index contributed by atoms with van der Waals surface area (Å²) in [6, 6.07) is 0. The van der Waals surface area contributed by atoms with E-state index in [-0.39, 0.29) is 17.4 Å². The summed E-state index contributed by atoms with van der Waals surface area (Å²) < 4.78 is 0. The van der Waals surface area contributed by atoms with Crippen LogP contribution in [0.25, 0.3) is 0 Å². The van der Waals surface area contributed by atoms with Crippen molar-refractivity contribution in [2.24, 2.45) is 46.3 Å². The molecule has 4 aliphatic rings. The van der Waals surface area contributed by atoms with Crippen molar-refractivity contribution in [2.45, 2.75) is 137 Å². The number of ketones is 1. The third-order valence-electron chi connectivity index (χ3n) is 11.6. The predicted molar refractivity (Wildman–Crippen MR) is 146 cm³/mol. The standard InChI is InChI=1S/C32H55NO3/c1-22(2)16-19-33-29(36)11-9-7-5-6-8-10-23-20-24-21-25(34)14-17-31(24,3)27-15-18-32(4)26(30(23)27)12-13-28(32)35/h22-24,26-28,30,35H,5-21H2,1-4H3,(H,33,36)/t23?,24?,26-,27+,28?,30-,31-,32-/m0/s1. The summed E-state index contributed by atoms with van der Waals surface area (Å²) in [5.74, 6) is 4.80. The van der Waals surface area contributed by atoms with E-state index in [1.165, 1.54) is 51.4 Å². The number of amides is 1. The topological polar surface area (TPSA) is 66.4 Å². The van der Waals surface area contributed by atoms with Crippen LogP contribution in [-0.2, 0) is 9.59 Å². The van der Waals surface area contributed by atoms with Gasteiger partial charge in [-0.1, -0.05) is 59.8 Å². The molecule has 8 atom stereocenters. The smallest absolute Gasteiger partial charge is 0.219 e. The zero-order valence-corrected chi connectivity index (χ0v) is 23.8. The number of aliphatic hydroxyl groups is 1. The molecule has 1 amide bonds. The fraction of sp³-hybridized carbons (Fsp3) is 0.938. The van der Waals surface area contributed by atoms with E-state index >= 15 is 0 Å². The molecule has 4 aliphatic carbocycles. The molecule has 3 unspecified atom stereocenters. The van der Waals surface area contributed by atoms with Crippen molar-refractivity contribution in [3.05, 3.63) is 0 Å². The van der Waals surface area contributed by atoms with E-state index < -0.39 is 0 Å². The lowest BCUT2D eigenvalue weighted by Crippen LogP contribution is -2.57. The fourth-order valence-corrected chi connectivity index (χ4v) is 9.30. The molecule has 206 valence electrons. The summed E-state index contributed by atoms with van der Waals surface area (Å²) >= 11 is 0. The highest BCUT2D eigenvalue weighted by Crippen LogP contribution is 2.67. The van der Waals surface area contributed by atoms with Crippen molar-refractivity contribution >= 4 is 11.7 Å². The van der Waals surface area contributed by atoms with Gasteiger partial charge in [-0.25, -0.2) is 0 Å². The molecule has 36 heavy (non-hydrogen) atoms. The van der Waals surface area contributed by atoms with Gasteiger partial charge < -0.3 is 10.4 Å². The molecular formula is C32H55NO3. The zero-order chi connectivity index (χ0) is 25.9. The number of hydrogen-bond acceptors (Lipinski definition) is 3. The number of hydrogen-bond donors (Lipinski definition) is 2. The van der Waals surface area contributed by atoms with Gasteiger partial charge in [-0.15, -0.1) is 0 Å². The molecule has 0 aromatic rings. The van der Waals surface area contributed by atoms with Crippen LogP contribution in [0, 0.1) is 46.3 Å². The van der Waals surface area contributed by atoms with Gasteiger partial charge in [-0.3, -0.25) is 9.59 Å². The van der Waals surface area contributed by atoms with Crippen LogP contribution in [-0.4, -0.2) is 29.4 Å². The minimum Gasteiger partial charge on any atom is -0.393 e. The van der Waals surface area contributed by atoms with Crippen molar-refractivity contribution in [1.29, 1.82) is 0 Å². The monoisotopic (exact) mass is 501 g/mol. The quantitative estimate of drug-likeness (QED) is 0.297. The highest BCUT2D eigenvalue weighted by Gasteiger charge is 2.62. The van der Waals surface area contributed by atoms with Gasteiger partial charge in [-0.2, -0.15) is 0 Å². The lowest BCUT2D eigenvalue weighted by Gasteiger charge is -2.62. The minimum atomic E-state index is -0.120. The first-order chi connectivity index (χ1) is 17.1. The summed E-state index contributed by atoms with van der Waals surface area (Å²) in [5.41, 5.74) is 0.447. The Hall–Kier alpha value is -0.900. The largest absolute Gasteiger partial charge is 0.393 e. The molecular weight excluding hydrogens is 446 g/mol. The van der Waals surface area contributed by atoms with Crippen molar-refractivity contribution in [3.63, 3.8) is 0 Å². The van der Waals surface area contributed by atoms with Crippen LogP contribution in [0.3, 0.4) is 0 Å². The van der Waals surface area contributed by atoms with E-state index in [0.29, 0.717) is 35.4 Å². The molecule has 4 nitrogen and oxygen atoms in total. The Bertz CT molecular complexity index is 764. The van der Waals surface area contributed by atoms with Gasteiger partial charge in [0.2, 0.25) is 5.91 Å². The SMILES string of the molecule is CC(C)CCNC(=O)CCCCCCCC1CC2CC(=O)CC[C@]2(C)[C@@H]2CC[C@]3(C)C(O)CC[C@H]3[C@H]12. The second kappa shape index (κ2) is 11.9. The average Bonchev–Trinajstić information content (AvgIpc) is 3.13. The number of fused-ring (bicyclic) bond motifs is 5. The highest BCUT2D eigenvalue weighted by atomic mass is 16.3. The Morgan fingerprint density at radius 2 is 1.72 bits per heavy atom. The minimum absolute atomic E-state index is 0.114. The van der Waals surface area contributed by atoms with Crippen molar-refractivity contribution in [1.82, 2.24) is 5.32 Å². The van der Waals surface area contributed by atoms with Crippen LogP contribution in [0.5, 0.6) is 0 Å². The molecule has 0 aliphatic heterocycles. The van der Waals surface area contributed by atoms with Gasteiger partial charge in [0.1, 0.15) is 5.78 Å². The molecule has 0 radical (unpaired) electrons. The summed E-state index contributed by atoms with van der Waals surface area (Å²) in [4.78, 5) is 24.4. The van der Waals surface area contributed by atoms with Crippen LogP contribution < -0.4 is 5.32 Å². The van der Waals surface area contributed by atoms with Crippen LogP contribution in [0.4, 0.5) is 0 Å². The maximum absolute atomic E-state index is 12.4. The number of rotatable bonds is 11. The maximum atomic E-state index is 12.4. The van der Waals surface area contributed by atoms with Crippen LogP contribution in [0.15, 0.2) is 0 Å². The second-order valence-corrected chi connectivity index (χ2v) is 14.2. The molecule has 0 aromatic carbocycles. The maximum Gasteiger partial charge on any atom is 0.219 e. The molecule has 0 heterocycles. The predicted octanol–water partition coefficient (Wildman–Crippen LogP) is 7.08. The molecule has 4 fully saturated rings. The summed E-state index contributed by atoms with van der Waals surface area (Å²) in [6.45, 7) is 10.1. The van der Waals surface area contributed by atoms with Crippen molar-refractivity contribution in [3.8, 4) is 0 Å². The van der Waals surface area contributed by atoms with Crippen LogP contribution >= 0.6 is 0 Å². The first-order valence-electron chi connectivity index (χ1n) is 15.6. The summed E-state index contributed by atoms with van der Waals surface area (Å²) in [7, 11) is 0. The Morgan fingerprint density at radius 3 is 2.50 bits per heavy atom. The average molecular weight is 502 g/mol. The molecule has 4 heteroatoms.